The van der Waals surface area contributed by atoms with Crippen LogP contribution in [0.1, 0.15) is 30.1 Å². The zero-order valence-electron chi connectivity index (χ0n) is 11.6. The number of aromatic carboxylic acids is 1. The van der Waals surface area contributed by atoms with Crippen LogP contribution in [0.25, 0.3) is 0 Å². The smallest absolute Gasteiger partial charge is 0.337 e. The second-order valence-electron chi connectivity index (χ2n) is 5.40. The molecule has 116 valence electrons. The van der Waals surface area contributed by atoms with Crippen LogP contribution < -0.4 is 10.5 Å². The monoisotopic (exact) mass is 314 g/mol. The van der Waals surface area contributed by atoms with Crippen molar-refractivity contribution in [2.24, 2.45) is 5.14 Å². The summed E-state index contributed by atoms with van der Waals surface area (Å²) in [5.41, 5.74) is -0.165. The van der Waals surface area contributed by atoms with Crippen LogP contribution in [0.3, 0.4) is 0 Å². The van der Waals surface area contributed by atoms with Gasteiger partial charge in [0.2, 0.25) is 10.0 Å². The molecular formula is C13H18N2O5S. The quantitative estimate of drug-likeness (QED) is 0.763. The van der Waals surface area contributed by atoms with Gasteiger partial charge in [0, 0.05) is 12.3 Å². The van der Waals surface area contributed by atoms with E-state index < -0.39 is 16.0 Å². The van der Waals surface area contributed by atoms with Gasteiger partial charge in [-0.2, -0.15) is 0 Å². The minimum atomic E-state index is -3.94. The molecule has 0 saturated carbocycles. The van der Waals surface area contributed by atoms with Crippen LogP contribution in [0.15, 0.2) is 23.1 Å². The molecular weight excluding hydrogens is 296 g/mol. The predicted octanol–water partition coefficient (Wildman–Crippen LogP) is 1.01. The molecule has 21 heavy (non-hydrogen) atoms. The zero-order chi connectivity index (χ0) is 15.7. The summed E-state index contributed by atoms with van der Waals surface area (Å²) in [5.74, 6) is -1.22. The third kappa shape index (κ3) is 3.72. The van der Waals surface area contributed by atoms with Gasteiger partial charge >= 0.3 is 5.97 Å². The number of carbonyl (C=O) groups is 1. The molecule has 1 heterocycles. The Morgan fingerprint density at radius 1 is 1.48 bits per heavy atom. The van der Waals surface area contributed by atoms with Gasteiger partial charge < -0.3 is 15.2 Å². The average molecular weight is 314 g/mol. The summed E-state index contributed by atoms with van der Waals surface area (Å²) in [6.45, 7) is 3.09. The molecule has 1 aliphatic heterocycles. The molecule has 8 heteroatoms. The highest BCUT2D eigenvalue weighted by atomic mass is 32.2. The molecule has 0 radical (unpaired) electrons. The number of ether oxygens (including phenoxy) is 1. The van der Waals surface area contributed by atoms with Crippen LogP contribution in [0.5, 0.6) is 0 Å². The summed E-state index contributed by atoms with van der Waals surface area (Å²) in [4.78, 5) is 11.1. The van der Waals surface area contributed by atoms with E-state index in [2.05, 4.69) is 5.32 Å². The van der Waals surface area contributed by atoms with Gasteiger partial charge in [0.05, 0.1) is 22.6 Å². The highest BCUT2D eigenvalue weighted by Crippen LogP contribution is 2.27. The lowest BCUT2D eigenvalue weighted by atomic mass is 9.94. The van der Waals surface area contributed by atoms with Gasteiger partial charge in [0.25, 0.3) is 0 Å². The van der Waals surface area contributed by atoms with Crippen molar-refractivity contribution in [3.63, 3.8) is 0 Å². The SMILES string of the molecule is CC1(Nc2ccc(S(N)(=O)=O)cc2C(=O)O)CCCOC1. The Bertz CT molecular complexity index is 651. The van der Waals surface area contributed by atoms with Crippen molar-refractivity contribution in [1.82, 2.24) is 0 Å². The van der Waals surface area contributed by atoms with E-state index in [1.807, 2.05) is 6.92 Å². The minimum absolute atomic E-state index is 0.131. The maximum absolute atomic E-state index is 11.3. The normalized spacial score (nSPS) is 22.8. The standard InChI is InChI=1S/C13H18N2O5S/c1-13(5-2-6-20-8-13)15-11-4-3-9(21(14,18)19)7-10(11)12(16)17/h3-4,7,15H,2,5-6,8H2,1H3,(H,16,17)(H2,14,18,19). The Morgan fingerprint density at radius 3 is 2.71 bits per heavy atom. The van der Waals surface area contributed by atoms with Crippen LogP contribution in [0.2, 0.25) is 0 Å². The second kappa shape index (κ2) is 5.63. The Labute approximate surface area is 123 Å². The van der Waals surface area contributed by atoms with Crippen molar-refractivity contribution in [2.75, 3.05) is 18.5 Å². The van der Waals surface area contributed by atoms with E-state index in [9.17, 15) is 18.3 Å². The predicted molar refractivity (Wildman–Crippen MR) is 76.9 cm³/mol. The van der Waals surface area contributed by atoms with Gasteiger partial charge in [-0.05, 0) is 38.0 Å². The van der Waals surface area contributed by atoms with Crippen LogP contribution in [-0.4, -0.2) is 38.2 Å². The molecule has 0 aliphatic carbocycles. The Kier molecular flexibility index (Phi) is 4.22. The first-order valence-corrected chi connectivity index (χ1v) is 8.02. The van der Waals surface area contributed by atoms with Crippen molar-refractivity contribution in [2.45, 2.75) is 30.2 Å². The van der Waals surface area contributed by atoms with Crippen molar-refractivity contribution < 1.29 is 23.1 Å². The van der Waals surface area contributed by atoms with Crippen molar-refractivity contribution >= 4 is 21.7 Å². The largest absolute Gasteiger partial charge is 0.478 e. The lowest BCUT2D eigenvalue weighted by Gasteiger charge is -2.35. The van der Waals surface area contributed by atoms with E-state index in [0.717, 1.165) is 18.9 Å². The fourth-order valence-corrected chi connectivity index (χ4v) is 2.88. The maximum atomic E-state index is 11.3. The highest BCUT2D eigenvalue weighted by Gasteiger charge is 2.29. The summed E-state index contributed by atoms with van der Waals surface area (Å²) in [7, 11) is -3.94. The van der Waals surface area contributed by atoms with Gasteiger partial charge in [0.1, 0.15) is 0 Å². The first-order valence-electron chi connectivity index (χ1n) is 6.47. The Morgan fingerprint density at radius 2 is 2.19 bits per heavy atom. The molecule has 4 N–H and O–H groups in total. The molecule has 1 atom stereocenters. The number of primary sulfonamides is 1. The number of nitrogens with one attached hydrogen (secondary N) is 1. The molecule has 0 amide bonds. The first kappa shape index (κ1) is 15.7. The van der Waals surface area contributed by atoms with Crippen LogP contribution in [-0.2, 0) is 14.8 Å². The summed E-state index contributed by atoms with van der Waals surface area (Å²) >= 11 is 0. The lowest BCUT2D eigenvalue weighted by molar-refractivity contribution is 0.0538. The number of hydrogen-bond acceptors (Lipinski definition) is 5. The number of hydrogen-bond donors (Lipinski definition) is 3. The van der Waals surface area contributed by atoms with E-state index in [4.69, 9.17) is 9.88 Å². The van der Waals surface area contributed by atoms with Gasteiger partial charge in [-0.3, -0.25) is 0 Å². The number of anilines is 1. The van der Waals surface area contributed by atoms with Crippen LogP contribution >= 0.6 is 0 Å². The number of nitrogens with two attached hydrogens (primary N) is 1. The molecule has 0 bridgehead atoms. The van der Waals surface area contributed by atoms with Crippen LogP contribution in [0.4, 0.5) is 5.69 Å². The molecule has 1 unspecified atom stereocenters. The maximum Gasteiger partial charge on any atom is 0.337 e. The number of rotatable bonds is 4. The van der Waals surface area contributed by atoms with Gasteiger partial charge in [0.15, 0.2) is 0 Å². The molecule has 1 fully saturated rings. The van der Waals surface area contributed by atoms with Crippen molar-refractivity contribution in [1.29, 1.82) is 0 Å². The molecule has 1 aromatic rings. The van der Waals surface area contributed by atoms with E-state index in [-0.39, 0.29) is 16.0 Å². The highest BCUT2D eigenvalue weighted by molar-refractivity contribution is 7.89. The third-order valence-electron chi connectivity index (χ3n) is 3.42. The molecule has 1 saturated heterocycles. The number of benzene rings is 1. The molecule has 7 nitrogen and oxygen atoms in total. The van der Waals surface area contributed by atoms with E-state index in [1.165, 1.54) is 12.1 Å². The molecule has 1 aromatic carbocycles. The topological polar surface area (TPSA) is 119 Å². The Balaban J connectivity index is 2.37. The second-order valence-corrected chi connectivity index (χ2v) is 6.96. The fourth-order valence-electron chi connectivity index (χ4n) is 2.34. The fraction of sp³-hybridized carbons (Fsp3) is 0.462. The van der Waals surface area contributed by atoms with Crippen molar-refractivity contribution in [3.8, 4) is 0 Å². The average Bonchev–Trinajstić information content (AvgIpc) is 2.38. The molecule has 2 rings (SSSR count). The van der Waals surface area contributed by atoms with E-state index >= 15 is 0 Å². The first-order chi connectivity index (χ1) is 9.71. The molecule has 0 spiro atoms. The summed E-state index contributed by atoms with van der Waals surface area (Å²) in [5, 5.41) is 17.4. The van der Waals surface area contributed by atoms with Gasteiger partial charge in [-0.15, -0.1) is 0 Å². The number of carboxylic acids is 1. The van der Waals surface area contributed by atoms with Crippen LogP contribution in [0, 0.1) is 0 Å². The summed E-state index contributed by atoms with van der Waals surface area (Å²) in [6, 6.07) is 3.77. The lowest BCUT2D eigenvalue weighted by Crippen LogP contribution is -2.43. The number of carboxylic acid groups (broad SMARTS) is 1. The van der Waals surface area contributed by atoms with Crippen molar-refractivity contribution in [3.05, 3.63) is 23.8 Å². The molecule has 0 aromatic heterocycles. The Hall–Kier alpha value is -1.64. The summed E-state index contributed by atoms with van der Waals surface area (Å²) < 4.78 is 28.0. The van der Waals surface area contributed by atoms with Gasteiger partial charge in [-0.25, -0.2) is 18.4 Å². The zero-order valence-corrected chi connectivity index (χ0v) is 12.4. The minimum Gasteiger partial charge on any atom is -0.478 e. The van der Waals surface area contributed by atoms with E-state index in [1.54, 1.807) is 0 Å². The van der Waals surface area contributed by atoms with Gasteiger partial charge in [-0.1, -0.05) is 0 Å². The summed E-state index contributed by atoms with van der Waals surface area (Å²) in [6.07, 6.45) is 1.71. The number of sulfonamides is 1. The molecule has 1 aliphatic rings. The van der Waals surface area contributed by atoms with E-state index in [0.29, 0.717) is 18.9 Å². The third-order valence-corrected chi connectivity index (χ3v) is 4.34.